The first-order valence-corrected chi connectivity index (χ1v) is 6.25. The van der Waals surface area contributed by atoms with E-state index in [1.807, 2.05) is 26.0 Å². The van der Waals surface area contributed by atoms with Crippen LogP contribution >= 0.6 is 0 Å². The second kappa shape index (κ2) is 7.30. The van der Waals surface area contributed by atoms with Crippen molar-refractivity contribution in [1.29, 1.82) is 0 Å². The maximum Gasteiger partial charge on any atom is 0.124 e. The molecular weight excluding hydrogens is 214 g/mol. The van der Waals surface area contributed by atoms with E-state index in [1.54, 1.807) is 0 Å². The van der Waals surface area contributed by atoms with Gasteiger partial charge in [-0.05, 0) is 44.7 Å². The highest BCUT2D eigenvalue weighted by molar-refractivity contribution is 5.38. The Morgan fingerprint density at radius 1 is 1.29 bits per heavy atom. The van der Waals surface area contributed by atoms with Gasteiger partial charge >= 0.3 is 0 Å². The van der Waals surface area contributed by atoms with Gasteiger partial charge in [0, 0.05) is 18.2 Å². The SMILES string of the molecule is Cc1ccc([C@@H](C)N)c(OCCCCCO)c1. The summed E-state index contributed by atoms with van der Waals surface area (Å²) in [6, 6.07) is 6.11. The molecule has 0 saturated heterocycles. The van der Waals surface area contributed by atoms with Crippen LogP contribution in [0.15, 0.2) is 18.2 Å². The van der Waals surface area contributed by atoms with Gasteiger partial charge in [-0.3, -0.25) is 0 Å². The average molecular weight is 237 g/mol. The molecule has 0 aliphatic heterocycles. The van der Waals surface area contributed by atoms with Crippen molar-refractivity contribution in [3.05, 3.63) is 29.3 Å². The molecule has 0 spiro atoms. The van der Waals surface area contributed by atoms with Crippen molar-refractivity contribution in [2.75, 3.05) is 13.2 Å². The summed E-state index contributed by atoms with van der Waals surface area (Å²) in [7, 11) is 0. The number of aryl methyl sites for hydroxylation is 1. The topological polar surface area (TPSA) is 55.5 Å². The molecule has 1 atom stereocenters. The first-order chi connectivity index (χ1) is 8.15. The maximum atomic E-state index is 8.68. The van der Waals surface area contributed by atoms with E-state index in [2.05, 4.69) is 6.07 Å². The van der Waals surface area contributed by atoms with Crippen molar-refractivity contribution >= 4 is 0 Å². The number of aliphatic hydroxyl groups excluding tert-OH is 1. The highest BCUT2D eigenvalue weighted by Crippen LogP contribution is 2.25. The van der Waals surface area contributed by atoms with Crippen LogP contribution in [0.4, 0.5) is 0 Å². The second-order valence-corrected chi connectivity index (χ2v) is 4.46. The van der Waals surface area contributed by atoms with Gasteiger partial charge in [-0.15, -0.1) is 0 Å². The Morgan fingerprint density at radius 2 is 2.06 bits per heavy atom. The third-order valence-corrected chi connectivity index (χ3v) is 2.72. The van der Waals surface area contributed by atoms with E-state index >= 15 is 0 Å². The van der Waals surface area contributed by atoms with E-state index in [0.717, 1.165) is 30.6 Å². The molecule has 1 rings (SSSR count). The fraction of sp³-hybridized carbons (Fsp3) is 0.571. The lowest BCUT2D eigenvalue weighted by atomic mass is 10.1. The molecule has 0 saturated carbocycles. The lowest BCUT2D eigenvalue weighted by molar-refractivity contribution is 0.265. The van der Waals surface area contributed by atoms with E-state index in [-0.39, 0.29) is 12.6 Å². The Labute approximate surface area is 104 Å². The molecule has 3 nitrogen and oxygen atoms in total. The molecule has 3 heteroatoms. The zero-order chi connectivity index (χ0) is 12.7. The van der Waals surface area contributed by atoms with Gasteiger partial charge < -0.3 is 15.6 Å². The van der Waals surface area contributed by atoms with Crippen molar-refractivity contribution in [2.24, 2.45) is 5.73 Å². The molecule has 0 heterocycles. The van der Waals surface area contributed by atoms with E-state index < -0.39 is 0 Å². The van der Waals surface area contributed by atoms with E-state index in [1.165, 1.54) is 5.56 Å². The summed E-state index contributed by atoms with van der Waals surface area (Å²) in [5.74, 6) is 0.893. The zero-order valence-corrected chi connectivity index (χ0v) is 10.8. The number of ether oxygens (including phenoxy) is 1. The zero-order valence-electron chi connectivity index (χ0n) is 10.8. The molecule has 0 amide bonds. The average Bonchev–Trinajstić information content (AvgIpc) is 2.28. The fourth-order valence-corrected chi connectivity index (χ4v) is 1.72. The Balaban J connectivity index is 2.53. The lowest BCUT2D eigenvalue weighted by Gasteiger charge is -2.14. The highest BCUT2D eigenvalue weighted by Gasteiger charge is 2.07. The van der Waals surface area contributed by atoms with Crippen molar-refractivity contribution in [3.63, 3.8) is 0 Å². The highest BCUT2D eigenvalue weighted by atomic mass is 16.5. The summed E-state index contributed by atoms with van der Waals surface area (Å²) < 4.78 is 5.76. The van der Waals surface area contributed by atoms with Gasteiger partial charge in [0.25, 0.3) is 0 Å². The molecule has 96 valence electrons. The largest absolute Gasteiger partial charge is 0.493 e. The molecule has 0 unspecified atom stereocenters. The van der Waals surface area contributed by atoms with Gasteiger partial charge in [-0.25, -0.2) is 0 Å². The van der Waals surface area contributed by atoms with Crippen LogP contribution in [-0.4, -0.2) is 18.3 Å². The monoisotopic (exact) mass is 237 g/mol. The van der Waals surface area contributed by atoms with Gasteiger partial charge in [0.15, 0.2) is 0 Å². The molecule has 1 aromatic carbocycles. The van der Waals surface area contributed by atoms with Crippen LogP contribution in [0, 0.1) is 6.92 Å². The van der Waals surface area contributed by atoms with Crippen LogP contribution in [0.2, 0.25) is 0 Å². The molecule has 3 N–H and O–H groups in total. The minimum Gasteiger partial charge on any atom is -0.493 e. The molecule has 0 fully saturated rings. The number of hydrogen-bond acceptors (Lipinski definition) is 3. The van der Waals surface area contributed by atoms with Gasteiger partial charge in [-0.2, -0.15) is 0 Å². The van der Waals surface area contributed by atoms with Gasteiger partial charge in [0.2, 0.25) is 0 Å². The van der Waals surface area contributed by atoms with Crippen LogP contribution in [-0.2, 0) is 0 Å². The minimum absolute atomic E-state index is 0.0111. The predicted octanol–water partition coefficient (Wildman–Crippen LogP) is 2.56. The van der Waals surface area contributed by atoms with Crippen LogP contribution < -0.4 is 10.5 Å². The number of nitrogens with two attached hydrogens (primary N) is 1. The summed E-state index contributed by atoms with van der Waals surface area (Å²) >= 11 is 0. The van der Waals surface area contributed by atoms with E-state index in [4.69, 9.17) is 15.6 Å². The Morgan fingerprint density at radius 3 is 2.71 bits per heavy atom. The summed E-state index contributed by atoms with van der Waals surface area (Å²) in [6.45, 7) is 4.95. The summed E-state index contributed by atoms with van der Waals surface area (Å²) in [5.41, 5.74) is 8.14. The fourth-order valence-electron chi connectivity index (χ4n) is 1.72. The molecule has 0 radical (unpaired) electrons. The smallest absolute Gasteiger partial charge is 0.124 e. The Kier molecular flexibility index (Phi) is 6.01. The third-order valence-electron chi connectivity index (χ3n) is 2.72. The predicted molar refractivity (Wildman–Crippen MR) is 70.2 cm³/mol. The van der Waals surface area contributed by atoms with Gasteiger partial charge in [-0.1, -0.05) is 12.1 Å². The summed E-state index contributed by atoms with van der Waals surface area (Å²) in [4.78, 5) is 0. The first-order valence-electron chi connectivity index (χ1n) is 6.25. The van der Waals surface area contributed by atoms with E-state index in [9.17, 15) is 0 Å². The van der Waals surface area contributed by atoms with Crippen LogP contribution in [0.3, 0.4) is 0 Å². The number of benzene rings is 1. The van der Waals surface area contributed by atoms with Crippen molar-refractivity contribution in [3.8, 4) is 5.75 Å². The van der Waals surface area contributed by atoms with Gasteiger partial charge in [0.1, 0.15) is 5.75 Å². The molecule has 1 aromatic rings. The molecule has 0 aliphatic rings. The third kappa shape index (κ3) is 4.75. The normalized spacial score (nSPS) is 12.5. The van der Waals surface area contributed by atoms with Crippen molar-refractivity contribution < 1.29 is 9.84 Å². The lowest BCUT2D eigenvalue weighted by Crippen LogP contribution is -2.09. The summed E-state index contributed by atoms with van der Waals surface area (Å²) in [5, 5.41) is 8.68. The number of aliphatic hydroxyl groups is 1. The van der Waals surface area contributed by atoms with Crippen LogP contribution in [0.5, 0.6) is 5.75 Å². The maximum absolute atomic E-state index is 8.68. The van der Waals surface area contributed by atoms with Crippen LogP contribution in [0.1, 0.15) is 43.4 Å². The Hall–Kier alpha value is -1.06. The van der Waals surface area contributed by atoms with Gasteiger partial charge in [0.05, 0.1) is 6.61 Å². The molecule has 0 aliphatic carbocycles. The second-order valence-electron chi connectivity index (χ2n) is 4.46. The standard InChI is InChI=1S/C14H23NO2/c1-11-6-7-13(12(2)15)14(10-11)17-9-5-3-4-8-16/h6-7,10,12,16H,3-5,8-9,15H2,1-2H3/t12-/m1/s1. The van der Waals surface area contributed by atoms with Crippen molar-refractivity contribution in [2.45, 2.75) is 39.2 Å². The molecule has 0 bridgehead atoms. The quantitative estimate of drug-likeness (QED) is 0.717. The molecular formula is C14H23NO2. The first kappa shape index (κ1) is 14.0. The Bertz CT molecular complexity index is 337. The molecule has 17 heavy (non-hydrogen) atoms. The summed E-state index contributed by atoms with van der Waals surface area (Å²) in [6.07, 6.45) is 2.81. The minimum atomic E-state index is -0.0111. The number of hydrogen-bond donors (Lipinski definition) is 2. The molecule has 0 aromatic heterocycles. The number of rotatable bonds is 7. The van der Waals surface area contributed by atoms with Crippen molar-refractivity contribution in [1.82, 2.24) is 0 Å². The number of unbranched alkanes of at least 4 members (excludes halogenated alkanes) is 2. The van der Waals surface area contributed by atoms with Crippen LogP contribution in [0.25, 0.3) is 0 Å². The van der Waals surface area contributed by atoms with E-state index in [0.29, 0.717) is 6.61 Å².